The second-order valence-corrected chi connectivity index (χ2v) is 2.84. The summed E-state index contributed by atoms with van der Waals surface area (Å²) in [4.78, 5) is 0. The van der Waals surface area contributed by atoms with E-state index >= 15 is 0 Å². The predicted molar refractivity (Wildman–Crippen MR) is 51.4 cm³/mol. The van der Waals surface area contributed by atoms with Crippen LogP contribution in [-0.4, -0.2) is 26.4 Å². The van der Waals surface area contributed by atoms with E-state index in [1.807, 2.05) is 0 Å². The number of unbranched alkanes of at least 4 members (excludes halogenated alkanes) is 2. The monoisotopic (exact) mass is 185 g/mol. The maximum Gasteiger partial charge on any atom is 0.0700 e. The average molecular weight is 185 g/mol. The van der Waals surface area contributed by atoms with Gasteiger partial charge in [-0.15, -0.1) is 0 Å². The molecule has 0 saturated heterocycles. The summed E-state index contributed by atoms with van der Waals surface area (Å²) in [5.74, 6) is 0. The Balaban J connectivity index is 2.80. The molecule has 0 unspecified atom stereocenters. The van der Waals surface area contributed by atoms with Gasteiger partial charge in [-0.05, 0) is 19.3 Å². The number of hydrogen-bond acceptors (Lipinski definition) is 3. The quantitative estimate of drug-likeness (QED) is 0.517. The van der Waals surface area contributed by atoms with Crippen LogP contribution in [0.3, 0.4) is 0 Å². The molecule has 0 fully saturated rings. The summed E-state index contributed by atoms with van der Waals surface area (Å²) >= 11 is 0. The Morgan fingerprint density at radius 3 is 2.31 bits per heavy atom. The first kappa shape index (κ1) is 12.4. The van der Waals surface area contributed by atoms with Crippen molar-refractivity contribution in [3.05, 3.63) is 0 Å². The van der Waals surface area contributed by atoms with Crippen molar-refractivity contribution in [2.75, 3.05) is 26.4 Å². The fraction of sp³-hybridized carbons (Fsp3) is 0.900. The highest BCUT2D eigenvalue weighted by Gasteiger charge is 1.89. The van der Waals surface area contributed by atoms with E-state index in [1.165, 1.54) is 0 Å². The van der Waals surface area contributed by atoms with Gasteiger partial charge in [-0.1, -0.05) is 6.92 Å². The third kappa shape index (κ3) is 11.4. The van der Waals surface area contributed by atoms with Gasteiger partial charge in [-0.3, -0.25) is 0 Å². The molecule has 0 N–H and O–H groups in total. The van der Waals surface area contributed by atoms with E-state index in [0.29, 0.717) is 19.6 Å². The predicted octanol–water partition coefficient (Wildman–Crippen LogP) is 2.12. The fourth-order valence-corrected chi connectivity index (χ4v) is 0.874. The average Bonchev–Trinajstić information content (AvgIpc) is 2.16. The van der Waals surface area contributed by atoms with Crippen LogP contribution in [0.5, 0.6) is 0 Å². The molecule has 0 aliphatic carbocycles. The number of nitriles is 1. The third-order valence-electron chi connectivity index (χ3n) is 1.55. The van der Waals surface area contributed by atoms with Crippen molar-refractivity contribution in [2.24, 2.45) is 0 Å². The van der Waals surface area contributed by atoms with E-state index in [1.54, 1.807) is 0 Å². The first-order valence-electron chi connectivity index (χ1n) is 4.94. The molecule has 0 aromatic carbocycles. The van der Waals surface area contributed by atoms with Crippen LogP contribution in [0.25, 0.3) is 0 Å². The van der Waals surface area contributed by atoms with Crippen molar-refractivity contribution in [3.8, 4) is 6.07 Å². The van der Waals surface area contributed by atoms with Crippen molar-refractivity contribution in [3.63, 3.8) is 0 Å². The normalized spacial score (nSPS) is 9.85. The van der Waals surface area contributed by atoms with Crippen molar-refractivity contribution in [2.45, 2.75) is 32.6 Å². The largest absolute Gasteiger partial charge is 0.379 e. The molecule has 0 radical (unpaired) electrons. The minimum atomic E-state index is 0.635. The fourth-order valence-electron chi connectivity index (χ4n) is 0.874. The molecule has 0 saturated carbocycles. The SMILES string of the molecule is CCCOCCOCCCCC#N. The first-order chi connectivity index (χ1) is 6.41. The molecule has 13 heavy (non-hydrogen) atoms. The molecule has 3 heteroatoms. The number of ether oxygens (including phenoxy) is 2. The van der Waals surface area contributed by atoms with E-state index in [-0.39, 0.29) is 0 Å². The molecule has 0 heterocycles. The molecular weight excluding hydrogens is 166 g/mol. The Bertz CT molecular complexity index is 131. The molecule has 0 aromatic heterocycles. The Labute approximate surface area is 80.6 Å². The van der Waals surface area contributed by atoms with Crippen LogP contribution in [0.2, 0.25) is 0 Å². The summed E-state index contributed by atoms with van der Waals surface area (Å²) in [5.41, 5.74) is 0. The van der Waals surface area contributed by atoms with E-state index in [4.69, 9.17) is 14.7 Å². The smallest absolute Gasteiger partial charge is 0.0700 e. The van der Waals surface area contributed by atoms with Crippen LogP contribution in [0.15, 0.2) is 0 Å². The lowest BCUT2D eigenvalue weighted by atomic mass is 10.3. The lowest BCUT2D eigenvalue weighted by Gasteiger charge is -2.03. The zero-order chi connectivity index (χ0) is 9.78. The second-order valence-electron chi connectivity index (χ2n) is 2.84. The molecular formula is C10H19NO2. The highest BCUT2D eigenvalue weighted by molar-refractivity contribution is 4.67. The third-order valence-corrected chi connectivity index (χ3v) is 1.55. The van der Waals surface area contributed by atoms with Crippen molar-refractivity contribution in [1.29, 1.82) is 5.26 Å². The van der Waals surface area contributed by atoms with Gasteiger partial charge in [0.15, 0.2) is 0 Å². The Morgan fingerprint density at radius 2 is 1.69 bits per heavy atom. The summed E-state index contributed by atoms with van der Waals surface area (Å²) in [7, 11) is 0. The molecule has 3 nitrogen and oxygen atoms in total. The molecule has 76 valence electrons. The van der Waals surface area contributed by atoms with E-state index in [9.17, 15) is 0 Å². The van der Waals surface area contributed by atoms with Gasteiger partial charge in [0.05, 0.1) is 19.3 Å². The summed E-state index contributed by atoms with van der Waals surface area (Å²) in [6, 6.07) is 2.11. The summed E-state index contributed by atoms with van der Waals surface area (Å²) in [6.45, 7) is 5.01. The first-order valence-corrected chi connectivity index (χ1v) is 4.94. The standard InChI is InChI=1S/C10H19NO2/c1-2-7-12-9-10-13-8-5-3-4-6-11/h2-5,7-10H2,1H3. The van der Waals surface area contributed by atoms with Gasteiger partial charge in [-0.25, -0.2) is 0 Å². The maximum atomic E-state index is 8.26. The molecule has 0 aliphatic rings. The van der Waals surface area contributed by atoms with Crippen molar-refractivity contribution in [1.82, 2.24) is 0 Å². The van der Waals surface area contributed by atoms with Crippen LogP contribution < -0.4 is 0 Å². The highest BCUT2D eigenvalue weighted by atomic mass is 16.5. The molecule has 0 aliphatic heterocycles. The van der Waals surface area contributed by atoms with Gasteiger partial charge in [0.25, 0.3) is 0 Å². The van der Waals surface area contributed by atoms with Crippen molar-refractivity contribution >= 4 is 0 Å². The van der Waals surface area contributed by atoms with Gasteiger partial charge >= 0.3 is 0 Å². The van der Waals surface area contributed by atoms with Gasteiger partial charge in [0, 0.05) is 19.6 Å². The number of hydrogen-bond donors (Lipinski definition) is 0. The van der Waals surface area contributed by atoms with Crippen LogP contribution in [0.1, 0.15) is 32.6 Å². The highest BCUT2D eigenvalue weighted by Crippen LogP contribution is 1.93. The van der Waals surface area contributed by atoms with Gasteiger partial charge in [0.1, 0.15) is 0 Å². The summed E-state index contributed by atoms with van der Waals surface area (Å²) < 4.78 is 10.5. The molecule has 0 aromatic rings. The molecule has 0 atom stereocenters. The van der Waals surface area contributed by atoms with Crippen LogP contribution in [-0.2, 0) is 9.47 Å². The molecule has 0 bridgehead atoms. The van der Waals surface area contributed by atoms with Crippen LogP contribution >= 0.6 is 0 Å². The maximum absolute atomic E-state index is 8.26. The van der Waals surface area contributed by atoms with Crippen LogP contribution in [0.4, 0.5) is 0 Å². The number of nitrogens with zero attached hydrogens (tertiary/aromatic N) is 1. The van der Waals surface area contributed by atoms with Crippen LogP contribution in [0, 0.1) is 11.3 Å². The Morgan fingerprint density at radius 1 is 1.00 bits per heavy atom. The zero-order valence-electron chi connectivity index (χ0n) is 8.42. The second kappa shape index (κ2) is 11.4. The van der Waals surface area contributed by atoms with E-state index < -0.39 is 0 Å². The zero-order valence-corrected chi connectivity index (χ0v) is 8.42. The summed E-state index contributed by atoms with van der Waals surface area (Å²) in [6.07, 6.45) is 3.60. The Kier molecular flexibility index (Phi) is 10.9. The summed E-state index contributed by atoms with van der Waals surface area (Å²) in [5, 5.41) is 8.26. The van der Waals surface area contributed by atoms with Gasteiger partial charge < -0.3 is 9.47 Å². The lowest BCUT2D eigenvalue weighted by molar-refractivity contribution is 0.0468. The Hall–Kier alpha value is -0.590. The molecule has 0 amide bonds. The van der Waals surface area contributed by atoms with E-state index in [2.05, 4.69) is 13.0 Å². The molecule has 0 rings (SSSR count). The van der Waals surface area contributed by atoms with Gasteiger partial charge in [0.2, 0.25) is 0 Å². The minimum absolute atomic E-state index is 0.635. The lowest BCUT2D eigenvalue weighted by Crippen LogP contribution is -2.05. The van der Waals surface area contributed by atoms with Crippen molar-refractivity contribution < 1.29 is 9.47 Å². The van der Waals surface area contributed by atoms with E-state index in [0.717, 1.165) is 32.5 Å². The minimum Gasteiger partial charge on any atom is -0.379 e. The number of rotatable bonds is 9. The van der Waals surface area contributed by atoms with Gasteiger partial charge in [-0.2, -0.15) is 5.26 Å². The topological polar surface area (TPSA) is 42.2 Å². The molecule has 0 spiro atoms.